The van der Waals surface area contributed by atoms with Crippen LogP contribution in [0.15, 0.2) is 41.3 Å². The average Bonchev–Trinajstić information content (AvgIpc) is 2.20. The largest absolute Gasteiger partial charge is 0.271 e. The normalized spacial score (nSPS) is 10.1. The molecule has 0 aliphatic carbocycles. The lowest BCUT2D eigenvalue weighted by molar-refractivity contribution is 0.806. The van der Waals surface area contributed by atoms with Gasteiger partial charge in [-0.05, 0) is 36.8 Å². The van der Waals surface area contributed by atoms with Crippen LogP contribution in [0.2, 0.25) is 0 Å². The van der Waals surface area contributed by atoms with Crippen molar-refractivity contribution in [3.05, 3.63) is 58.5 Å². The average molecular weight is 185 g/mol. The maximum Gasteiger partial charge on any atom is 0.271 e. The second-order valence-corrected chi connectivity index (χ2v) is 3.00. The molecule has 0 saturated heterocycles. The maximum absolute atomic E-state index is 11.4. The third kappa shape index (κ3) is 1.57. The summed E-state index contributed by atoms with van der Waals surface area (Å²) in [7, 11) is 0. The van der Waals surface area contributed by atoms with E-state index in [0.717, 1.165) is 11.3 Å². The van der Waals surface area contributed by atoms with Gasteiger partial charge < -0.3 is 0 Å². The first-order valence-corrected chi connectivity index (χ1v) is 4.30. The summed E-state index contributed by atoms with van der Waals surface area (Å²) in [5.74, 6) is 0. The molecule has 3 heteroatoms. The van der Waals surface area contributed by atoms with E-state index in [1.807, 2.05) is 19.1 Å². The molecule has 0 spiro atoms. The Balaban J connectivity index is 2.56. The number of benzene rings is 1. The fraction of sp³-hybridized carbons (Fsp3) is 0.0909. The first-order valence-electron chi connectivity index (χ1n) is 4.30. The summed E-state index contributed by atoms with van der Waals surface area (Å²) >= 11 is 0. The van der Waals surface area contributed by atoms with Gasteiger partial charge in [0.1, 0.15) is 0 Å². The van der Waals surface area contributed by atoms with Crippen LogP contribution in [-0.2, 0) is 0 Å². The number of aromatic nitrogens is 2. The second kappa shape index (κ2) is 3.46. The van der Waals surface area contributed by atoms with Crippen molar-refractivity contribution in [2.24, 2.45) is 0 Å². The lowest BCUT2D eigenvalue weighted by atomic mass is 10.2. The van der Waals surface area contributed by atoms with Crippen LogP contribution in [0.1, 0.15) is 5.56 Å². The van der Waals surface area contributed by atoms with Gasteiger partial charge in [-0.1, -0.05) is 6.07 Å². The third-order valence-corrected chi connectivity index (χ3v) is 1.91. The van der Waals surface area contributed by atoms with Crippen molar-refractivity contribution in [2.75, 3.05) is 0 Å². The molecule has 0 unspecified atom stereocenters. The van der Waals surface area contributed by atoms with Crippen molar-refractivity contribution in [1.82, 2.24) is 9.78 Å². The van der Waals surface area contributed by atoms with Gasteiger partial charge in [-0.2, -0.15) is 9.78 Å². The minimum atomic E-state index is -0.134. The van der Waals surface area contributed by atoms with Crippen molar-refractivity contribution in [1.29, 1.82) is 0 Å². The highest BCUT2D eigenvalue weighted by Crippen LogP contribution is 2.04. The minimum absolute atomic E-state index is 0.134. The van der Waals surface area contributed by atoms with E-state index < -0.39 is 0 Å². The van der Waals surface area contributed by atoms with Crippen LogP contribution in [0, 0.1) is 13.0 Å². The lowest BCUT2D eigenvalue weighted by Gasteiger charge is -2.02. The third-order valence-electron chi connectivity index (χ3n) is 1.91. The number of aryl methyl sites for hydroxylation is 1. The molecule has 14 heavy (non-hydrogen) atoms. The van der Waals surface area contributed by atoms with Crippen molar-refractivity contribution in [2.45, 2.75) is 6.92 Å². The molecule has 2 rings (SSSR count). The molecule has 0 aliphatic heterocycles. The Kier molecular flexibility index (Phi) is 2.14. The zero-order valence-electron chi connectivity index (χ0n) is 7.77. The van der Waals surface area contributed by atoms with E-state index in [2.05, 4.69) is 11.2 Å². The Hall–Kier alpha value is -1.90. The van der Waals surface area contributed by atoms with E-state index in [1.54, 1.807) is 18.3 Å². The van der Waals surface area contributed by atoms with Gasteiger partial charge in [0.25, 0.3) is 5.56 Å². The van der Waals surface area contributed by atoms with Gasteiger partial charge in [-0.25, -0.2) is 0 Å². The van der Waals surface area contributed by atoms with E-state index in [9.17, 15) is 4.79 Å². The monoisotopic (exact) mass is 185 g/mol. The summed E-state index contributed by atoms with van der Waals surface area (Å²) in [6.45, 7) is 1.95. The first kappa shape index (κ1) is 8.69. The highest BCUT2D eigenvalue weighted by atomic mass is 16.1. The number of nitrogens with zero attached hydrogens (tertiary/aromatic N) is 2. The minimum Gasteiger partial charge on any atom is -0.267 e. The molecule has 0 atom stereocenters. The first-order chi connectivity index (χ1) is 6.77. The lowest BCUT2D eigenvalue weighted by Crippen LogP contribution is -2.18. The topological polar surface area (TPSA) is 34.9 Å². The zero-order valence-corrected chi connectivity index (χ0v) is 7.77. The predicted octanol–water partition coefficient (Wildman–Crippen LogP) is 1.34. The Bertz CT molecular complexity index is 485. The van der Waals surface area contributed by atoms with Gasteiger partial charge >= 0.3 is 0 Å². The quantitative estimate of drug-likeness (QED) is 0.672. The van der Waals surface area contributed by atoms with E-state index in [0.29, 0.717) is 0 Å². The zero-order chi connectivity index (χ0) is 9.97. The Morgan fingerprint density at radius 3 is 2.86 bits per heavy atom. The molecule has 1 aromatic carbocycles. The van der Waals surface area contributed by atoms with E-state index in [1.165, 1.54) is 10.7 Å². The van der Waals surface area contributed by atoms with Crippen LogP contribution in [-0.4, -0.2) is 9.78 Å². The summed E-state index contributed by atoms with van der Waals surface area (Å²) in [5, 5.41) is 3.96. The molecule has 0 N–H and O–H groups in total. The van der Waals surface area contributed by atoms with E-state index >= 15 is 0 Å². The summed E-state index contributed by atoms with van der Waals surface area (Å²) in [6.07, 6.45) is 1.58. The van der Waals surface area contributed by atoms with Gasteiger partial charge in [-0.3, -0.25) is 4.79 Å². The number of hydrogen-bond donors (Lipinski definition) is 0. The summed E-state index contributed by atoms with van der Waals surface area (Å²) in [6, 6.07) is 11.6. The molecule has 69 valence electrons. The van der Waals surface area contributed by atoms with E-state index in [4.69, 9.17) is 0 Å². The van der Waals surface area contributed by atoms with Crippen LogP contribution in [0.5, 0.6) is 0 Å². The van der Waals surface area contributed by atoms with Crippen LogP contribution >= 0.6 is 0 Å². The highest BCUT2D eigenvalue weighted by Gasteiger charge is 1.97. The van der Waals surface area contributed by atoms with Crippen LogP contribution in [0.3, 0.4) is 0 Å². The van der Waals surface area contributed by atoms with Crippen molar-refractivity contribution >= 4 is 0 Å². The fourth-order valence-electron chi connectivity index (χ4n) is 1.18. The summed E-state index contributed by atoms with van der Waals surface area (Å²) in [4.78, 5) is 11.4. The van der Waals surface area contributed by atoms with E-state index in [-0.39, 0.29) is 5.56 Å². The Labute approximate surface area is 81.6 Å². The Morgan fingerprint density at radius 2 is 2.21 bits per heavy atom. The summed E-state index contributed by atoms with van der Waals surface area (Å²) in [5.41, 5.74) is 1.64. The summed E-state index contributed by atoms with van der Waals surface area (Å²) < 4.78 is 1.34. The second-order valence-electron chi connectivity index (χ2n) is 3.00. The fourth-order valence-corrected chi connectivity index (χ4v) is 1.18. The van der Waals surface area contributed by atoms with Gasteiger partial charge in [-0.15, -0.1) is 0 Å². The molecular formula is C11H9N2O. The van der Waals surface area contributed by atoms with Crippen molar-refractivity contribution < 1.29 is 0 Å². The molecule has 1 aromatic heterocycles. The van der Waals surface area contributed by atoms with Gasteiger partial charge in [0.05, 0.1) is 5.69 Å². The van der Waals surface area contributed by atoms with Gasteiger partial charge in [0.2, 0.25) is 0 Å². The van der Waals surface area contributed by atoms with Crippen LogP contribution in [0.25, 0.3) is 5.69 Å². The Morgan fingerprint density at radius 1 is 1.36 bits per heavy atom. The predicted molar refractivity (Wildman–Crippen MR) is 53.4 cm³/mol. The van der Waals surface area contributed by atoms with Crippen LogP contribution < -0.4 is 5.56 Å². The van der Waals surface area contributed by atoms with Gasteiger partial charge in [0.15, 0.2) is 0 Å². The van der Waals surface area contributed by atoms with Crippen LogP contribution in [0.4, 0.5) is 0 Å². The number of rotatable bonds is 1. The standard InChI is InChI=1S/C11H9N2O/c1-9-4-6-10(7-5-9)13-11(14)3-2-8-12-13/h2-4,6-8H,1H3. The molecule has 1 heterocycles. The maximum atomic E-state index is 11.4. The molecule has 0 fully saturated rings. The molecule has 2 aromatic rings. The SMILES string of the molecule is Cc1[c]cc(-n2ncccc2=O)cc1. The highest BCUT2D eigenvalue weighted by molar-refractivity contribution is 5.32. The molecule has 0 bridgehead atoms. The molecule has 0 amide bonds. The molecule has 1 radical (unpaired) electrons. The van der Waals surface area contributed by atoms with Crippen molar-refractivity contribution in [3.8, 4) is 5.69 Å². The smallest absolute Gasteiger partial charge is 0.267 e. The van der Waals surface area contributed by atoms with Gasteiger partial charge in [0, 0.05) is 12.3 Å². The van der Waals surface area contributed by atoms with Crippen molar-refractivity contribution in [3.63, 3.8) is 0 Å². The molecular weight excluding hydrogens is 176 g/mol. The molecule has 3 nitrogen and oxygen atoms in total. The molecule has 0 aliphatic rings. The number of hydrogen-bond acceptors (Lipinski definition) is 2. The molecule has 0 saturated carbocycles.